The third kappa shape index (κ3) is 2.92. The lowest BCUT2D eigenvalue weighted by molar-refractivity contribution is 0.0704. The lowest BCUT2D eigenvalue weighted by Crippen LogP contribution is -2.42. The van der Waals surface area contributed by atoms with Crippen LogP contribution in [0.1, 0.15) is 36.2 Å². The SMILES string of the molecule is O=C(c1[nH]c2ccc(Cl)cc2c1Cl)N1CCCC1CN1CCCC1. The van der Waals surface area contributed by atoms with E-state index in [1.807, 2.05) is 11.0 Å². The molecule has 0 radical (unpaired) electrons. The lowest BCUT2D eigenvalue weighted by atomic mass is 10.2. The highest BCUT2D eigenvalue weighted by Crippen LogP contribution is 2.32. The van der Waals surface area contributed by atoms with Crippen LogP contribution in [-0.2, 0) is 0 Å². The first-order chi connectivity index (χ1) is 11.6. The third-order valence-electron chi connectivity index (χ3n) is 5.22. The van der Waals surface area contributed by atoms with Gasteiger partial charge >= 0.3 is 0 Å². The molecule has 6 heteroatoms. The summed E-state index contributed by atoms with van der Waals surface area (Å²) in [7, 11) is 0. The van der Waals surface area contributed by atoms with Crippen LogP contribution in [-0.4, -0.2) is 52.9 Å². The number of H-pyrrole nitrogens is 1. The van der Waals surface area contributed by atoms with Crippen LogP contribution < -0.4 is 0 Å². The molecule has 128 valence electrons. The van der Waals surface area contributed by atoms with Gasteiger partial charge in [0.05, 0.1) is 5.02 Å². The number of fused-ring (bicyclic) bond motifs is 1. The number of carbonyl (C=O) groups is 1. The summed E-state index contributed by atoms with van der Waals surface area (Å²) in [4.78, 5) is 20.7. The third-order valence-corrected chi connectivity index (χ3v) is 5.84. The molecule has 1 amide bonds. The summed E-state index contributed by atoms with van der Waals surface area (Å²) >= 11 is 12.5. The zero-order valence-electron chi connectivity index (χ0n) is 13.5. The molecule has 0 saturated carbocycles. The maximum Gasteiger partial charge on any atom is 0.272 e. The summed E-state index contributed by atoms with van der Waals surface area (Å²) in [6.45, 7) is 4.10. The van der Waals surface area contributed by atoms with E-state index in [9.17, 15) is 4.79 Å². The van der Waals surface area contributed by atoms with Crippen LogP contribution in [0.15, 0.2) is 18.2 Å². The van der Waals surface area contributed by atoms with E-state index in [2.05, 4.69) is 9.88 Å². The van der Waals surface area contributed by atoms with Crippen LogP contribution in [0.5, 0.6) is 0 Å². The van der Waals surface area contributed by atoms with Crippen molar-refractivity contribution in [1.82, 2.24) is 14.8 Å². The molecule has 0 bridgehead atoms. The molecule has 2 fully saturated rings. The fourth-order valence-electron chi connectivity index (χ4n) is 3.98. The van der Waals surface area contributed by atoms with Crippen molar-refractivity contribution in [3.8, 4) is 0 Å². The van der Waals surface area contributed by atoms with Gasteiger partial charge in [-0.05, 0) is 57.0 Å². The van der Waals surface area contributed by atoms with Gasteiger partial charge in [-0.3, -0.25) is 4.79 Å². The Hall–Kier alpha value is -1.23. The highest BCUT2D eigenvalue weighted by Gasteiger charge is 2.33. The van der Waals surface area contributed by atoms with Gasteiger partial charge in [-0.1, -0.05) is 23.2 Å². The molecular formula is C18H21Cl2N3O. The van der Waals surface area contributed by atoms with Crippen molar-refractivity contribution in [2.45, 2.75) is 31.7 Å². The molecule has 0 spiro atoms. The average molecular weight is 366 g/mol. The van der Waals surface area contributed by atoms with Crippen LogP contribution in [0, 0.1) is 0 Å². The van der Waals surface area contributed by atoms with Crippen molar-refractivity contribution in [1.29, 1.82) is 0 Å². The van der Waals surface area contributed by atoms with E-state index in [1.54, 1.807) is 12.1 Å². The van der Waals surface area contributed by atoms with E-state index in [4.69, 9.17) is 23.2 Å². The summed E-state index contributed by atoms with van der Waals surface area (Å²) in [5, 5.41) is 1.91. The minimum Gasteiger partial charge on any atom is -0.349 e. The average Bonchev–Trinajstić information content (AvgIpc) is 3.29. The first kappa shape index (κ1) is 16.2. The van der Waals surface area contributed by atoms with Crippen molar-refractivity contribution in [3.63, 3.8) is 0 Å². The number of aromatic nitrogens is 1. The zero-order chi connectivity index (χ0) is 16.7. The second-order valence-electron chi connectivity index (χ2n) is 6.81. The Balaban J connectivity index is 1.59. The van der Waals surface area contributed by atoms with E-state index < -0.39 is 0 Å². The number of benzene rings is 1. The molecule has 3 heterocycles. The number of hydrogen-bond acceptors (Lipinski definition) is 2. The normalized spacial score (nSPS) is 21.9. The van der Waals surface area contributed by atoms with Gasteiger partial charge in [0, 0.05) is 35.1 Å². The summed E-state index contributed by atoms with van der Waals surface area (Å²) in [5.41, 5.74) is 1.34. The number of likely N-dealkylation sites (tertiary alicyclic amines) is 2. The van der Waals surface area contributed by atoms with Gasteiger partial charge in [0.1, 0.15) is 5.69 Å². The maximum absolute atomic E-state index is 13.1. The monoisotopic (exact) mass is 365 g/mol. The van der Waals surface area contributed by atoms with Crippen molar-refractivity contribution in [2.75, 3.05) is 26.2 Å². The first-order valence-corrected chi connectivity index (χ1v) is 9.39. The maximum atomic E-state index is 13.1. The predicted molar refractivity (Wildman–Crippen MR) is 98.1 cm³/mol. The minimum atomic E-state index is 0.00835. The number of rotatable bonds is 3. The van der Waals surface area contributed by atoms with E-state index in [-0.39, 0.29) is 5.91 Å². The number of halogens is 2. The number of nitrogens with zero attached hydrogens (tertiary/aromatic N) is 2. The number of aromatic amines is 1. The quantitative estimate of drug-likeness (QED) is 0.886. The van der Waals surface area contributed by atoms with Gasteiger partial charge in [0.2, 0.25) is 0 Å². The molecule has 24 heavy (non-hydrogen) atoms. The van der Waals surface area contributed by atoms with E-state index in [1.165, 1.54) is 12.8 Å². The number of amides is 1. The molecule has 1 aromatic heterocycles. The Kier molecular flexibility index (Phi) is 4.46. The summed E-state index contributed by atoms with van der Waals surface area (Å²) in [5.74, 6) is 0.00835. The largest absolute Gasteiger partial charge is 0.349 e. The van der Waals surface area contributed by atoms with Crippen molar-refractivity contribution < 1.29 is 4.79 Å². The van der Waals surface area contributed by atoms with Gasteiger partial charge in [-0.15, -0.1) is 0 Å². The topological polar surface area (TPSA) is 39.3 Å². The van der Waals surface area contributed by atoms with Gasteiger partial charge in [-0.25, -0.2) is 0 Å². The summed E-state index contributed by atoms with van der Waals surface area (Å²) < 4.78 is 0. The molecule has 2 aromatic rings. The molecule has 2 saturated heterocycles. The van der Waals surface area contributed by atoms with Crippen LogP contribution in [0.25, 0.3) is 10.9 Å². The molecule has 4 rings (SSSR count). The fourth-order valence-corrected chi connectivity index (χ4v) is 4.43. The highest BCUT2D eigenvalue weighted by molar-refractivity contribution is 6.39. The smallest absolute Gasteiger partial charge is 0.272 e. The Morgan fingerprint density at radius 3 is 2.75 bits per heavy atom. The number of hydrogen-bond donors (Lipinski definition) is 1. The standard InChI is InChI=1S/C18H21Cl2N3O/c19-12-5-6-15-14(10-12)16(20)17(21-15)18(24)23-9-3-4-13(23)11-22-7-1-2-8-22/h5-6,10,13,21H,1-4,7-9,11H2. The highest BCUT2D eigenvalue weighted by atomic mass is 35.5. The van der Waals surface area contributed by atoms with Gasteiger partial charge in [0.15, 0.2) is 0 Å². The molecular weight excluding hydrogens is 345 g/mol. The lowest BCUT2D eigenvalue weighted by Gasteiger charge is -2.28. The summed E-state index contributed by atoms with van der Waals surface area (Å²) in [6, 6.07) is 5.77. The molecule has 0 aliphatic carbocycles. The Morgan fingerprint density at radius 1 is 1.17 bits per heavy atom. The molecule has 1 unspecified atom stereocenters. The molecule has 1 aromatic carbocycles. The van der Waals surface area contributed by atoms with Gasteiger partial charge < -0.3 is 14.8 Å². The number of carbonyl (C=O) groups excluding carboxylic acids is 1. The number of nitrogens with one attached hydrogen (secondary N) is 1. The molecule has 1 atom stereocenters. The molecule has 1 N–H and O–H groups in total. The van der Waals surface area contributed by atoms with Crippen LogP contribution >= 0.6 is 23.2 Å². The Bertz CT molecular complexity index is 767. The summed E-state index contributed by atoms with van der Waals surface area (Å²) in [6.07, 6.45) is 4.68. The first-order valence-electron chi connectivity index (χ1n) is 8.63. The molecule has 2 aliphatic heterocycles. The van der Waals surface area contributed by atoms with Crippen LogP contribution in [0.3, 0.4) is 0 Å². The zero-order valence-corrected chi connectivity index (χ0v) is 15.0. The van der Waals surface area contributed by atoms with Crippen molar-refractivity contribution in [2.24, 2.45) is 0 Å². The van der Waals surface area contributed by atoms with Crippen molar-refractivity contribution in [3.05, 3.63) is 33.9 Å². The van der Waals surface area contributed by atoms with E-state index in [0.29, 0.717) is 21.8 Å². The van der Waals surface area contributed by atoms with Crippen LogP contribution in [0.2, 0.25) is 10.0 Å². The Labute approximate surface area is 151 Å². The second-order valence-corrected chi connectivity index (χ2v) is 7.62. The predicted octanol–water partition coefficient (Wildman–Crippen LogP) is 4.18. The second kappa shape index (κ2) is 6.58. The van der Waals surface area contributed by atoms with Gasteiger partial charge in [-0.2, -0.15) is 0 Å². The minimum absolute atomic E-state index is 0.00835. The van der Waals surface area contributed by atoms with E-state index in [0.717, 1.165) is 49.9 Å². The fraction of sp³-hybridized carbons (Fsp3) is 0.500. The van der Waals surface area contributed by atoms with Crippen LogP contribution in [0.4, 0.5) is 0 Å². The van der Waals surface area contributed by atoms with Gasteiger partial charge in [0.25, 0.3) is 5.91 Å². The molecule has 4 nitrogen and oxygen atoms in total. The van der Waals surface area contributed by atoms with Crippen molar-refractivity contribution >= 4 is 40.0 Å². The Morgan fingerprint density at radius 2 is 1.96 bits per heavy atom. The van der Waals surface area contributed by atoms with E-state index >= 15 is 0 Å². The molecule has 2 aliphatic rings.